The van der Waals surface area contributed by atoms with Gasteiger partial charge in [0, 0.05) is 0 Å². The third-order valence-electron chi connectivity index (χ3n) is 3.90. The minimum absolute atomic E-state index is 0. The van der Waals surface area contributed by atoms with Crippen molar-refractivity contribution in [3.05, 3.63) is 0 Å². The van der Waals surface area contributed by atoms with Crippen molar-refractivity contribution < 1.29 is 21.9 Å². The van der Waals surface area contributed by atoms with E-state index < -0.39 is 0 Å². The van der Waals surface area contributed by atoms with Crippen LogP contribution in [0, 0.1) is 0 Å². The Balaban J connectivity index is 0. The maximum Gasteiger partial charge on any atom is 0.0770 e. The highest BCUT2D eigenvalue weighted by molar-refractivity contribution is 4.43. The highest BCUT2D eigenvalue weighted by atomic mass is 79.9. The van der Waals surface area contributed by atoms with E-state index in [1.165, 1.54) is 90.3 Å². The van der Waals surface area contributed by atoms with E-state index in [0.29, 0.717) is 0 Å². The third-order valence-corrected chi connectivity index (χ3v) is 3.90. The van der Waals surface area contributed by atoms with Crippen LogP contribution in [0.15, 0.2) is 0 Å². The highest BCUT2D eigenvalue weighted by Gasteiger charge is 2.07. The monoisotopic (exact) mass is 335 g/mol. The number of unbranched alkanes of at least 4 members (excludes halogenated alkanes) is 8. The zero-order chi connectivity index (χ0) is 13.5. The molecule has 1 N–H and O–H groups in total. The predicted molar refractivity (Wildman–Crippen MR) is 83.4 cm³/mol. The summed E-state index contributed by atoms with van der Waals surface area (Å²) in [6.07, 6.45) is 15.6. The van der Waals surface area contributed by atoms with Gasteiger partial charge in [-0.25, -0.2) is 0 Å². The van der Waals surface area contributed by atoms with Gasteiger partial charge < -0.3 is 21.9 Å². The van der Waals surface area contributed by atoms with Gasteiger partial charge in [0.25, 0.3) is 0 Å². The van der Waals surface area contributed by atoms with Crippen LogP contribution in [-0.2, 0) is 0 Å². The van der Waals surface area contributed by atoms with Crippen molar-refractivity contribution in [2.45, 2.75) is 91.4 Å². The lowest BCUT2D eigenvalue weighted by molar-refractivity contribution is -0.900. The molecule has 0 amide bonds. The molecule has 0 spiro atoms. The molecule has 0 fully saturated rings. The van der Waals surface area contributed by atoms with Gasteiger partial charge in [-0.05, 0) is 38.5 Å². The largest absolute Gasteiger partial charge is 1.00 e. The number of nitrogens with one attached hydrogen (secondary N) is 1. The first kappa shape index (κ1) is 21.7. The number of hydrogen-bond donors (Lipinski definition) is 1. The van der Waals surface area contributed by atoms with Crippen LogP contribution < -0.4 is 21.9 Å². The zero-order valence-corrected chi connectivity index (χ0v) is 15.4. The van der Waals surface area contributed by atoms with Crippen LogP contribution in [0.5, 0.6) is 0 Å². The van der Waals surface area contributed by atoms with Crippen molar-refractivity contribution in [1.82, 2.24) is 0 Å². The summed E-state index contributed by atoms with van der Waals surface area (Å²) in [7, 11) is 0. The Morgan fingerprint density at radius 1 is 0.474 bits per heavy atom. The molecule has 0 bridgehead atoms. The van der Waals surface area contributed by atoms with Crippen molar-refractivity contribution in [2.24, 2.45) is 0 Å². The van der Waals surface area contributed by atoms with Crippen LogP contribution >= 0.6 is 0 Å². The normalized spacial score (nSPS) is 10.7. The molecular weight excluding hydrogens is 298 g/mol. The molecule has 0 atom stereocenters. The summed E-state index contributed by atoms with van der Waals surface area (Å²) in [5, 5.41) is 0. The molecule has 0 rings (SSSR count). The average molecular weight is 336 g/mol. The number of hydrogen-bond acceptors (Lipinski definition) is 0. The van der Waals surface area contributed by atoms with Gasteiger partial charge in [-0.1, -0.05) is 52.9 Å². The van der Waals surface area contributed by atoms with Gasteiger partial charge in [-0.15, -0.1) is 0 Å². The molecule has 0 saturated carbocycles. The standard InChI is InChI=1S/C17H37N.BrH/c1-4-7-10-13-16-18(15-12-9-6-3)17-14-11-8-5-2;/h4-17H2,1-3H3;1H. The van der Waals surface area contributed by atoms with Crippen LogP contribution in [0.4, 0.5) is 0 Å². The Bertz CT molecular complexity index is 138. The van der Waals surface area contributed by atoms with Gasteiger partial charge in [0.1, 0.15) is 0 Å². The van der Waals surface area contributed by atoms with E-state index in [1.807, 2.05) is 4.90 Å². The van der Waals surface area contributed by atoms with E-state index in [2.05, 4.69) is 20.8 Å². The molecule has 0 aliphatic rings. The van der Waals surface area contributed by atoms with Gasteiger partial charge in [0.05, 0.1) is 19.6 Å². The second-order valence-electron chi connectivity index (χ2n) is 5.83. The first-order valence-corrected chi connectivity index (χ1v) is 8.68. The Kier molecular flexibility index (Phi) is 21.1. The Morgan fingerprint density at radius 3 is 1.16 bits per heavy atom. The lowest BCUT2D eigenvalue weighted by Crippen LogP contribution is -3.12. The van der Waals surface area contributed by atoms with Gasteiger partial charge in [0.2, 0.25) is 0 Å². The summed E-state index contributed by atoms with van der Waals surface area (Å²) < 4.78 is 0. The van der Waals surface area contributed by atoms with Gasteiger partial charge >= 0.3 is 0 Å². The molecule has 2 heteroatoms. The van der Waals surface area contributed by atoms with E-state index >= 15 is 0 Å². The molecular formula is C17H38BrN. The fourth-order valence-corrected chi connectivity index (χ4v) is 2.60. The number of quaternary nitrogens is 1. The van der Waals surface area contributed by atoms with E-state index in [9.17, 15) is 0 Å². The highest BCUT2D eigenvalue weighted by Crippen LogP contribution is 1.98. The van der Waals surface area contributed by atoms with Crippen molar-refractivity contribution in [1.29, 1.82) is 0 Å². The lowest BCUT2D eigenvalue weighted by Gasteiger charge is -2.19. The molecule has 1 nitrogen and oxygen atoms in total. The van der Waals surface area contributed by atoms with Crippen molar-refractivity contribution >= 4 is 0 Å². The molecule has 118 valence electrons. The van der Waals surface area contributed by atoms with Gasteiger partial charge in [0.15, 0.2) is 0 Å². The van der Waals surface area contributed by atoms with E-state index in [1.54, 1.807) is 0 Å². The quantitative estimate of drug-likeness (QED) is 0.455. The molecule has 0 aliphatic heterocycles. The minimum Gasteiger partial charge on any atom is -1.00 e. The summed E-state index contributed by atoms with van der Waals surface area (Å²) in [5.41, 5.74) is 0. The molecule has 0 aliphatic carbocycles. The van der Waals surface area contributed by atoms with Gasteiger partial charge in [-0.3, -0.25) is 0 Å². The maximum atomic E-state index is 2.31. The Labute approximate surface area is 133 Å². The summed E-state index contributed by atoms with van der Waals surface area (Å²) in [6, 6.07) is 0. The summed E-state index contributed by atoms with van der Waals surface area (Å²) in [6.45, 7) is 11.2. The first-order chi connectivity index (χ1) is 8.85. The van der Waals surface area contributed by atoms with Crippen molar-refractivity contribution in [3.63, 3.8) is 0 Å². The minimum atomic E-state index is 0. The fraction of sp³-hybridized carbons (Fsp3) is 1.00. The zero-order valence-electron chi connectivity index (χ0n) is 13.8. The summed E-state index contributed by atoms with van der Waals surface area (Å²) >= 11 is 0. The topological polar surface area (TPSA) is 4.44 Å². The number of halogens is 1. The molecule has 0 saturated heterocycles. The van der Waals surface area contributed by atoms with Crippen LogP contribution in [-0.4, -0.2) is 19.6 Å². The molecule has 0 aromatic rings. The smallest absolute Gasteiger partial charge is 0.0770 e. The van der Waals surface area contributed by atoms with Crippen molar-refractivity contribution in [3.8, 4) is 0 Å². The lowest BCUT2D eigenvalue weighted by atomic mass is 10.1. The molecule has 0 unspecified atom stereocenters. The maximum absolute atomic E-state index is 2.31. The average Bonchev–Trinajstić information content (AvgIpc) is 2.39. The van der Waals surface area contributed by atoms with Gasteiger partial charge in [-0.2, -0.15) is 0 Å². The second-order valence-corrected chi connectivity index (χ2v) is 5.83. The Morgan fingerprint density at radius 2 is 0.789 bits per heavy atom. The van der Waals surface area contributed by atoms with Crippen LogP contribution in [0.25, 0.3) is 0 Å². The molecule has 0 heterocycles. The van der Waals surface area contributed by atoms with Crippen LogP contribution in [0.1, 0.15) is 91.4 Å². The summed E-state index contributed by atoms with van der Waals surface area (Å²) in [5.74, 6) is 0. The SMILES string of the molecule is CCCCCC[NH+](CCCCC)CCCCCC.[Br-]. The summed E-state index contributed by atoms with van der Waals surface area (Å²) in [4.78, 5) is 1.88. The fourth-order valence-electron chi connectivity index (χ4n) is 2.60. The van der Waals surface area contributed by atoms with E-state index in [0.717, 1.165) is 0 Å². The Hall–Kier alpha value is 0.440. The van der Waals surface area contributed by atoms with E-state index in [4.69, 9.17) is 0 Å². The number of rotatable bonds is 14. The van der Waals surface area contributed by atoms with Crippen molar-refractivity contribution in [2.75, 3.05) is 19.6 Å². The van der Waals surface area contributed by atoms with Crippen LogP contribution in [0.2, 0.25) is 0 Å². The second kappa shape index (κ2) is 18.4. The van der Waals surface area contributed by atoms with Crippen LogP contribution in [0.3, 0.4) is 0 Å². The molecule has 0 aromatic heterocycles. The first-order valence-electron chi connectivity index (χ1n) is 8.68. The molecule has 0 aromatic carbocycles. The molecule has 19 heavy (non-hydrogen) atoms. The third kappa shape index (κ3) is 16.4. The predicted octanol–water partition coefficient (Wildman–Crippen LogP) is 1.23. The van der Waals surface area contributed by atoms with E-state index in [-0.39, 0.29) is 17.0 Å². The molecule has 0 radical (unpaired) electrons.